The molecule has 0 spiro atoms. The molecular weight excluding hydrogens is 154 g/mol. The molecule has 2 atom stereocenters. The minimum atomic E-state index is 0.123. The smallest absolute Gasteiger partial charge is 0.184 e. The first kappa shape index (κ1) is 8.48. The lowest BCUT2D eigenvalue weighted by atomic mass is 9.95. The van der Waals surface area contributed by atoms with Crippen LogP contribution >= 0.6 is 0 Å². The molecule has 2 aliphatic rings. The van der Waals surface area contributed by atoms with Crippen molar-refractivity contribution in [3.8, 4) is 0 Å². The van der Waals surface area contributed by atoms with Gasteiger partial charge in [0.2, 0.25) is 0 Å². The Morgan fingerprint density at radius 2 is 2.17 bits per heavy atom. The van der Waals surface area contributed by atoms with Gasteiger partial charge in [-0.15, -0.1) is 0 Å². The number of epoxide rings is 1. The van der Waals surface area contributed by atoms with E-state index in [4.69, 9.17) is 9.47 Å². The van der Waals surface area contributed by atoms with Crippen LogP contribution in [0.2, 0.25) is 0 Å². The molecule has 1 N–H and O–H groups in total. The predicted molar refractivity (Wildman–Crippen MR) is 45.9 cm³/mol. The van der Waals surface area contributed by atoms with Gasteiger partial charge < -0.3 is 14.8 Å². The SMILES string of the molecule is CCOC1OC1C1CCNCC1. The highest BCUT2D eigenvalue weighted by molar-refractivity contribution is 4.87. The topological polar surface area (TPSA) is 33.8 Å². The molecule has 2 unspecified atom stereocenters. The summed E-state index contributed by atoms with van der Waals surface area (Å²) in [6.07, 6.45) is 3.02. The standard InChI is InChI=1S/C9H17NO2/c1-2-11-9-8(12-9)7-3-5-10-6-4-7/h7-10H,2-6H2,1H3. The van der Waals surface area contributed by atoms with Crippen LogP contribution in [-0.2, 0) is 9.47 Å². The van der Waals surface area contributed by atoms with Crippen molar-refractivity contribution in [2.45, 2.75) is 32.2 Å². The van der Waals surface area contributed by atoms with Crippen molar-refractivity contribution in [1.82, 2.24) is 5.32 Å². The minimum absolute atomic E-state index is 0.123. The predicted octanol–water partition coefficient (Wildman–Crippen LogP) is 0.747. The largest absolute Gasteiger partial charge is 0.350 e. The Morgan fingerprint density at radius 1 is 1.42 bits per heavy atom. The number of nitrogens with one attached hydrogen (secondary N) is 1. The third-order valence-electron chi connectivity index (χ3n) is 2.66. The van der Waals surface area contributed by atoms with Crippen LogP contribution in [0.25, 0.3) is 0 Å². The Hall–Kier alpha value is -0.120. The van der Waals surface area contributed by atoms with Crippen LogP contribution in [0.5, 0.6) is 0 Å². The van der Waals surface area contributed by atoms with E-state index in [1.165, 1.54) is 12.8 Å². The third-order valence-corrected chi connectivity index (χ3v) is 2.66. The summed E-state index contributed by atoms with van der Waals surface area (Å²) in [5.41, 5.74) is 0. The Balaban J connectivity index is 1.72. The Morgan fingerprint density at radius 3 is 2.83 bits per heavy atom. The van der Waals surface area contributed by atoms with E-state index in [0.717, 1.165) is 25.6 Å². The monoisotopic (exact) mass is 171 g/mol. The summed E-state index contributed by atoms with van der Waals surface area (Å²) in [5.74, 6) is 0.739. The Labute approximate surface area is 73.4 Å². The average Bonchev–Trinajstić information content (AvgIpc) is 2.87. The fraction of sp³-hybridized carbons (Fsp3) is 1.00. The quantitative estimate of drug-likeness (QED) is 0.636. The van der Waals surface area contributed by atoms with Gasteiger partial charge in [-0.2, -0.15) is 0 Å². The van der Waals surface area contributed by atoms with Crippen LogP contribution < -0.4 is 5.32 Å². The summed E-state index contributed by atoms with van der Waals surface area (Å²) in [6.45, 7) is 5.07. The van der Waals surface area contributed by atoms with Gasteiger partial charge in [0.15, 0.2) is 6.29 Å². The molecule has 0 bridgehead atoms. The average molecular weight is 171 g/mol. The van der Waals surface area contributed by atoms with Gasteiger partial charge in [-0.1, -0.05) is 0 Å². The molecule has 70 valence electrons. The molecule has 0 radical (unpaired) electrons. The molecule has 0 aromatic carbocycles. The van der Waals surface area contributed by atoms with Crippen LogP contribution in [0.15, 0.2) is 0 Å². The molecule has 0 aromatic heterocycles. The second-order valence-corrected chi connectivity index (χ2v) is 3.51. The van der Waals surface area contributed by atoms with Crippen molar-refractivity contribution in [1.29, 1.82) is 0 Å². The van der Waals surface area contributed by atoms with Crippen molar-refractivity contribution in [3.63, 3.8) is 0 Å². The molecule has 2 saturated heterocycles. The van der Waals surface area contributed by atoms with Crippen LogP contribution in [-0.4, -0.2) is 32.1 Å². The van der Waals surface area contributed by atoms with Gasteiger partial charge in [0.05, 0.1) is 0 Å². The summed E-state index contributed by atoms with van der Waals surface area (Å²) in [6, 6.07) is 0. The first-order valence-electron chi connectivity index (χ1n) is 4.89. The molecule has 3 nitrogen and oxygen atoms in total. The van der Waals surface area contributed by atoms with E-state index in [1.807, 2.05) is 6.92 Å². The lowest BCUT2D eigenvalue weighted by Gasteiger charge is -2.20. The van der Waals surface area contributed by atoms with E-state index < -0.39 is 0 Å². The molecule has 2 aliphatic heterocycles. The molecule has 2 rings (SSSR count). The molecule has 0 saturated carbocycles. The fourth-order valence-electron chi connectivity index (χ4n) is 1.91. The molecule has 3 heteroatoms. The summed E-state index contributed by atoms with van der Waals surface area (Å²) >= 11 is 0. The van der Waals surface area contributed by atoms with Crippen molar-refractivity contribution in [2.75, 3.05) is 19.7 Å². The molecule has 0 aromatic rings. The van der Waals surface area contributed by atoms with Crippen molar-refractivity contribution >= 4 is 0 Å². The van der Waals surface area contributed by atoms with E-state index in [0.29, 0.717) is 6.10 Å². The van der Waals surface area contributed by atoms with Gasteiger partial charge >= 0.3 is 0 Å². The Bertz CT molecular complexity index is 145. The zero-order chi connectivity index (χ0) is 8.39. The normalized spacial score (nSPS) is 36.8. The first-order valence-corrected chi connectivity index (χ1v) is 4.89. The molecular formula is C9H17NO2. The van der Waals surface area contributed by atoms with E-state index in [1.54, 1.807) is 0 Å². The zero-order valence-corrected chi connectivity index (χ0v) is 7.58. The number of rotatable bonds is 3. The van der Waals surface area contributed by atoms with Crippen LogP contribution in [0.4, 0.5) is 0 Å². The molecule has 2 fully saturated rings. The molecule has 0 aliphatic carbocycles. The number of piperidine rings is 1. The van der Waals surface area contributed by atoms with Gasteiger partial charge in [0, 0.05) is 6.61 Å². The molecule has 2 heterocycles. The Kier molecular flexibility index (Phi) is 2.63. The maximum atomic E-state index is 5.45. The zero-order valence-electron chi connectivity index (χ0n) is 7.58. The van der Waals surface area contributed by atoms with Gasteiger partial charge in [-0.3, -0.25) is 0 Å². The minimum Gasteiger partial charge on any atom is -0.350 e. The lowest BCUT2D eigenvalue weighted by Crippen LogP contribution is -2.30. The van der Waals surface area contributed by atoms with Gasteiger partial charge in [-0.05, 0) is 38.8 Å². The highest BCUT2D eigenvalue weighted by atomic mass is 16.8. The van der Waals surface area contributed by atoms with Crippen molar-refractivity contribution in [2.24, 2.45) is 5.92 Å². The van der Waals surface area contributed by atoms with Crippen LogP contribution in [0, 0.1) is 5.92 Å². The van der Waals surface area contributed by atoms with E-state index in [9.17, 15) is 0 Å². The van der Waals surface area contributed by atoms with E-state index in [-0.39, 0.29) is 6.29 Å². The van der Waals surface area contributed by atoms with Crippen LogP contribution in [0.1, 0.15) is 19.8 Å². The second kappa shape index (κ2) is 3.73. The number of hydrogen-bond acceptors (Lipinski definition) is 3. The van der Waals surface area contributed by atoms with E-state index >= 15 is 0 Å². The van der Waals surface area contributed by atoms with Crippen LogP contribution in [0.3, 0.4) is 0 Å². The van der Waals surface area contributed by atoms with Crippen molar-refractivity contribution in [3.05, 3.63) is 0 Å². The molecule has 0 amide bonds. The number of ether oxygens (including phenoxy) is 2. The number of hydrogen-bond donors (Lipinski definition) is 1. The van der Waals surface area contributed by atoms with Gasteiger partial charge in [-0.25, -0.2) is 0 Å². The maximum Gasteiger partial charge on any atom is 0.184 e. The highest BCUT2D eigenvalue weighted by Crippen LogP contribution is 2.34. The maximum absolute atomic E-state index is 5.45. The summed E-state index contributed by atoms with van der Waals surface area (Å²) < 4.78 is 10.8. The third kappa shape index (κ3) is 1.79. The summed E-state index contributed by atoms with van der Waals surface area (Å²) in [5, 5.41) is 3.35. The second-order valence-electron chi connectivity index (χ2n) is 3.51. The van der Waals surface area contributed by atoms with Gasteiger partial charge in [0.1, 0.15) is 6.10 Å². The lowest BCUT2D eigenvalue weighted by molar-refractivity contribution is 0.0592. The fourth-order valence-corrected chi connectivity index (χ4v) is 1.91. The summed E-state index contributed by atoms with van der Waals surface area (Å²) in [7, 11) is 0. The summed E-state index contributed by atoms with van der Waals surface area (Å²) in [4.78, 5) is 0. The van der Waals surface area contributed by atoms with Crippen molar-refractivity contribution < 1.29 is 9.47 Å². The highest BCUT2D eigenvalue weighted by Gasteiger charge is 2.45. The first-order chi connectivity index (χ1) is 5.92. The molecule has 12 heavy (non-hydrogen) atoms. The van der Waals surface area contributed by atoms with E-state index in [2.05, 4.69) is 5.32 Å². The van der Waals surface area contributed by atoms with Gasteiger partial charge in [0.25, 0.3) is 0 Å².